The number of amides is 2. The Morgan fingerprint density at radius 3 is 2.48 bits per heavy atom. The molecule has 25 heavy (non-hydrogen) atoms. The second-order valence-electron chi connectivity index (χ2n) is 6.06. The van der Waals surface area contributed by atoms with Gasteiger partial charge in [-0.3, -0.25) is 0 Å². The van der Waals surface area contributed by atoms with Crippen molar-refractivity contribution < 1.29 is 9.18 Å². The molecular weight excluding hydrogens is 323 g/mol. The summed E-state index contributed by atoms with van der Waals surface area (Å²) in [4.78, 5) is 18.0. The molecule has 0 radical (unpaired) electrons. The first-order valence-electron chi connectivity index (χ1n) is 8.10. The number of urea groups is 1. The summed E-state index contributed by atoms with van der Waals surface area (Å²) in [7, 11) is 3.83. The van der Waals surface area contributed by atoms with Gasteiger partial charge in [-0.1, -0.05) is 6.07 Å². The summed E-state index contributed by atoms with van der Waals surface area (Å²) in [5.74, 6) is 1.23. The number of hydrogen-bond acceptors (Lipinski definition) is 5. The maximum Gasteiger partial charge on any atom is 0.321 e. The topological polar surface area (TPSA) is 64.6 Å². The highest BCUT2D eigenvalue weighted by Crippen LogP contribution is 2.16. The Morgan fingerprint density at radius 2 is 1.88 bits per heavy atom. The number of benzene rings is 1. The van der Waals surface area contributed by atoms with Crippen LogP contribution in [-0.2, 0) is 0 Å². The Balaban J connectivity index is 1.55. The molecule has 0 spiro atoms. The van der Waals surface area contributed by atoms with Crippen molar-refractivity contribution in [2.75, 3.05) is 55.4 Å². The number of carbonyl (C=O) groups is 1. The normalized spacial score (nSPS) is 14.4. The van der Waals surface area contributed by atoms with Gasteiger partial charge in [0.15, 0.2) is 11.6 Å². The van der Waals surface area contributed by atoms with Gasteiger partial charge in [0, 0.05) is 46.0 Å². The number of halogens is 1. The molecule has 2 amide bonds. The molecule has 1 fully saturated rings. The Morgan fingerprint density at radius 1 is 1.12 bits per heavy atom. The molecule has 1 aromatic carbocycles. The Bertz CT molecular complexity index is 728. The van der Waals surface area contributed by atoms with Gasteiger partial charge in [-0.15, -0.1) is 10.2 Å². The van der Waals surface area contributed by atoms with Crippen LogP contribution in [0.1, 0.15) is 0 Å². The summed E-state index contributed by atoms with van der Waals surface area (Å²) in [6.45, 7) is 2.48. The Hall–Kier alpha value is -2.90. The van der Waals surface area contributed by atoms with Gasteiger partial charge >= 0.3 is 6.03 Å². The first-order chi connectivity index (χ1) is 12.0. The molecule has 0 atom stereocenters. The molecule has 8 heteroatoms. The molecule has 1 aromatic heterocycles. The van der Waals surface area contributed by atoms with E-state index in [9.17, 15) is 9.18 Å². The summed E-state index contributed by atoms with van der Waals surface area (Å²) < 4.78 is 13.2. The fourth-order valence-electron chi connectivity index (χ4n) is 2.63. The molecule has 1 aliphatic rings. The van der Waals surface area contributed by atoms with Crippen LogP contribution in [0.5, 0.6) is 0 Å². The van der Waals surface area contributed by atoms with Crippen LogP contribution in [0.3, 0.4) is 0 Å². The molecule has 1 aliphatic heterocycles. The lowest BCUT2D eigenvalue weighted by molar-refractivity contribution is 0.208. The van der Waals surface area contributed by atoms with Gasteiger partial charge in [0.2, 0.25) is 0 Å². The van der Waals surface area contributed by atoms with Crippen LogP contribution in [0.15, 0.2) is 36.4 Å². The van der Waals surface area contributed by atoms with Crippen molar-refractivity contribution in [3.63, 3.8) is 0 Å². The lowest BCUT2D eigenvalue weighted by Crippen LogP contribution is -2.50. The Labute approximate surface area is 146 Å². The average molecular weight is 344 g/mol. The molecule has 2 heterocycles. The van der Waals surface area contributed by atoms with E-state index >= 15 is 0 Å². The van der Waals surface area contributed by atoms with E-state index in [1.165, 1.54) is 12.1 Å². The predicted octanol–water partition coefficient (Wildman–Crippen LogP) is 2.04. The molecule has 132 valence electrons. The third-order valence-electron chi connectivity index (χ3n) is 4.06. The molecule has 0 saturated carbocycles. The van der Waals surface area contributed by atoms with Crippen molar-refractivity contribution in [1.29, 1.82) is 0 Å². The highest BCUT2D eigenvalue weighted by atomic mass is 19.1. The van der Waals surface area contributed by atoms with Crippen LogP contribution < -0.4 is 15.1 Å². The van der Waals surface area contributed by atoms with E-state index in [0.29, 0.717) is 31.9 Å². The third-order valence-corrected chi connectivity index (χ3v) is 4.06. The average Bonchev–Trinajstić information content (AvgIpc) is 2.62. The summed E-state index contributed by atoms with van der Waals surface area (Å²) in [6, 6.07) is 9.51. The van der Waals surface area contributed by atoms with Gasteiger partial charge < -0.3 is 20.0 Å². The van der Waals surface area contributed by atoms with Crippen molar-refractivity contribution in [3.8, 4) is 0 Å². The number of hydrogen-bond donors (Lipinski definition) is 1. The van der Waals surface area contributed by atoms with E-state index in [4.69, 9.17) is 0 Å². The van der Waals surface area contributed by atoms with E-state index in [1.54, 1.807) is 17.0 Å². The summed E-state index contributed by atoms with van der Waals surface area (Å²) in [5, 5.41) is 11.1. The zero-order valence-corrected chi connectivity index (χ0v) is 14.3. The van der Waals surface area contributed by atoms with Crippen LogP contribution in [0.25, 0.3) is 0 Å². The number of anilines is 3. The van der Waals surface area contributed by atoms with Gasteiger partial charge in [-0.05, 0) is 30.3 Å². The van der Waals surface area contributed by atoms with E-state index in [1.807, 2.05) is 31.1 Å². The number of nitrogens with one attached hydrogen (secondary N) is 1. The minimum absolute atomic E-state index is 0.223. The predicted molar refractivity (Wildman–Crippen MR) is 95.6 cm³/mol. The number of rotatable bonds is 3. The first kappa shape index (κ1) is 16.9. The number of carbonyl (C=O) groups excluding carboxylic acids is 1. The van der Waals surface area contributed by atoms with Crippen LogP contribution in [0, 0.1) is 5.82 Å². The lowest BCUT2D eigenvalue weighted by atomic mass is 10.3. The Kier molecular flexibility index (Phi) is 4.97. The van der Waals surface area contributed by atoms with Gasteiger partial charge in [0.25, 0.3) is 0 Å². The molecule has 0 unspecified atom stereocenters. The minimum atomic E-state index is -0.373. The quantitative estimate of drug-likeness (QED) is 0.923. The smallest absolute Gasteiger partial charge is 0.321 e. The summed E-state index contributed by atoms with van der Waals surface area (Å²) in [5.41, 5.74) is 0.456. The maximum atomic E-state index is 13.2. The number of piperazine rings is 1. The first-order valence-corrected chi connectivity index (χ1v) is 8.10. The van der Waals surface area contributed by atoms with Crippen molar-refractivity contribution in [1.82, 2.24) is 15.1 Å². The highest BCUT2D eigenvalue weighted by molar-refractivity contribution is 5.89. The zero-order valence-electron chi connectivity index (χ0n) is 14.3. The van der Waals surface area contributed by atoms with Crippen LogP contribution in [-0.4, -0.2) is 61.4 Å². The summed E-state index contributed by atoms with van der Waals surface area (Å²) in [6.07, 6.45) is 0. The van der Waals surface area contributed by atoms with Crippen molar-refractivity contribution in [2.24, 2.45) is 0 Å². The molecule has 0 aliphatic carbocycles. The molecule has 7 nitrogen and oxygen atoms in total. The fraction of sp³-hybridized carbons (Fsp3) is 0.353. The molecule has 0 bridgehead atoms. The molecule has 3 rings (SSSR count). The van der Waals surface area contributed by atoms with E-state index < -0.39 is 0 Å². The van der Waals surface area contributed by atoms with Crippen molar-refractivity contribution in [3.05, 3.63) is 42.2 Å². The van der Waals surface area contributed by atoms with Crippen molar-refractivity contribution >= 4 is 23.4 Å². The van der Waals surface area contributed by atoms with E-state index in [2.05, 4.69) is 20.4 Å². The number of nitrogens with zero attached hydrogens (tertiary/aromatic N) is 5. The van der Waals surface area contributed by atoms with E-state index in [0.717, 1.165) is 11.6 Å². The maximum absolute atomic E-state index is 13.2. The van der Waals surface area contributed by atoms with E-state index in [-0.39, 0.29) is 11.8 Å². The van der Waals surface area contributed by atoms with Gasteiger partial charge in [0.05, 0.1) is 0 Å². The van der Waals surface area contributed by atoms with Crippen LogP contribution in [0.2, 0.25) is 0 Å². The van der Waals surface area contributed by atoms with Crippen LogP contribution >= 0.6 is 0 Å². The monoisotopic (exact) mass is 344 g/mol. The second kappa shape index (κ2) is 7.33. The second-order valence-corrected chi connectivity index (χ2v) is 6.06. The van der Waals surface area contributed by atoms with Gasteiger partial charge in [-0.25, -0.2) is 9.18 Å². The summed E-state index contributed by atoms with van der Waals surface area (Å²) >= 11 is 0. The SMILES string of the molecule is CN(C)c1ccc(N2CCN(C(=O)Nc3cccc(F)c3)CC2)nn1. The molecule has 2 aromatic rings. The molecule has 1 N–H and O–H groups in total. The largest absolute Gasteiger partial charge is 0.361 e. The van der Waals surface area contributed by atoms with Gasteiger partial charge in [-0.2, -0.15) is 0 Å². The third kappa shape index (κ3) is 4.14. The zero-order chi connectivity index (χ0) is 17.8. The van der Waals surface area contributed by atoms with Crippen molar-refractivity contribution in [2.45, 2.75) is 0 Å². The number of aromatic nitrogens is 2. The molecule has 1 saturated heterocycles. The van der Waals surface area contributed by atoms with Crippen LogP contribution in [0.4, 0.5) is 26.5 Å². The lowest BCUT2D eigenvalue weighted by Gasteiger charge is -2.35. The highest BCUT2D eigenvalue weighted by Gasteiger charge is 2.22. The standard InChI is InChI=1S/C17H21FN6O/c1-22(2)15-6-7-16(21-20-15)23-8-10-24(11-9-23)17(25)19-14-5-3-4-13(18)12-14/h3-7,12H,8-11H2,1-2H3,(H,19,25). The fourth-order valence-corrected chi connectivity index (χ4v) is 2.63. The van der Waals surface area contributed by atoms with Gasteiger partial charge in [0.1, 0.15) is 5.82 Å². The minimum Gasteiger partial charge on any atom is -0.361 e. The molecular formula is C17H21FN6O.